The second-order valence-corrected chi connectivity index (χ2v) is 8.55. The van der Waals surface area contributed by atoms with Crippen molar-refractivity contribution in [3.05, 3.63) is 87.5 Å². The number of nitrogens with one attached hydrogen (secondary N) is 2. The van der Waals surface area contributed by atoms with Gasteiger partial charge in [0.25, 0.3) is 5.91 Å². The fourth-order valence-electron chi connectivity index (χ4n) is 3.16. The Balaban J connectivity index is 1.39. The molecule has 4 aromatic rings. The number of methoxy groups -OCH3 is 1. The van der Waals surface area contributed by atoms with Crippen LogP contribution in [-0.4, -0.2) is 31.7 Å². The van der Waals surface area contributed by atoms with Crippen LogP contribution in [0, 0.1) is 0 Å². The molecular formula is C25H19BrClN3O5. The predicted octanol–water partition coefficient (Wildman–Crippen LogP) is 5.64. The largest absolute Gasteiger partial charge is 0.493 e. The summed E-state index contributed by atoms with van der Waals surface area (Å²) in [6, 6.07) is 19.3. The SMILES string of the molecule is COc1cc(/C=N/NC(=O)c2cc3cc(Br)ccc3o2)cc(Cl)c1OCC(=O)Nc1ccccc1. The van der Waals surface area contributed by atoms with Gasteiger partial charge in [0.05, 0.1) is 18.3 Å². The number of fused-ring (bicyclic) bond motifs is 1. The van der Waals surface area contributed by atoms with Crippen molar-refractivity contribution < 1.29 is 23.5 Å². The highest BCUT2D eigenvalue weighted by molar-refractivity contribution is 9.10. The van der Waals surface area contributed by atoms with Gasteiger partial charge in [-0.1, -0.05) is 45.7 Å². The van der Waals surface area contributed by atoms with E-state index in [-0.39, 0.29) is 29.0 Å². The molecule has 0 bridgehead atoms. The molecule has 4 rings (SSSR count). The molecule has 10 heteroatoms. The van der Waals surface area contributed by atoms with Gasteiger partial charge in [0, 0.05) is 15.5 Å². The van der Waals surface area contributed by atoms with Gasteiger partial charge in [-0.3, -0.25) is 9.59 Å². The van der Waals surface area contributed by atoms with E-state index < -0.39 is 5.91 Å². The lowest BCUT2D eigenvalue weighted by molar-refractivity contribution is -0.118. The van der Waals surface area contributed by atoms with Crippen molar-refractivity contribution in [3.8, 4) is 11.5 Å². The van der Waals surface area contributed by atoms with E-state index in [0.29, 0.717) is 22.6 Å². The average Bonchev–Trinajstić information content (AvgIpc) is 3.27. The fourth-order valence-corrected chi connectivity index (χ4v) is 3.81. The first-order valence-electron chi connectivity index (χ1n) is 10.3. The maximum Gasteiger partial charge on any atom is 0.307 e. The van der Waals surface area contributed by atoms with Crippen LogP contribution in [-0.2, 0) is 4.79 Å². The van der Waals surface area contributed by atoms with Crippen LogP contribution in [0.4, 0.5) is 5.69 Å². The molecule has 2 amide bonds. The van der Waals surface area contributed by atoms with Gasteiger partial charge < -0.3 is 19.2 Å². The van der Waals surface area contributed by atoms with Crippen molar-refractivity contribution in [2.45, 2.75) is 0 Å². The summed E-state index contributed by atoms with van der Waals surface area (Å²) >= 11 is 9.73. The van der Waals surface area contributed by atoms with E-state index in [1.54, 1.807) is 36.4 Å². The molecule has 35 heavy (non-hydrogen) atoms. The van der Waals surface area contributed by atoms with Crippen LogP contribution in [0.5, 0.6) is 11.5 Å². The number of para-hydroxylation sites is 1. The molecule has 0 atom stereocenters. The highest BCUT2D eigenvalue weighted by Crippen LogP contribution is 2.36. The number of benzene rings is 3. The maximum absolute atomic E-state index is 12.4. The molecule has 0 unspecified atom stereocenters. The van der Waals surface area contributed by atoms with Crippen LogP contribution in [0.25, 0.3) is 11.0 Å². The number of carbonyl (C=O) groups is 2. The molecule has 0 fully saturated rings. The normalized spacial score (nSPS) is 10.9. The molecule has 0 radical (unpaired) electrons. The minimum atomic E-state index is -0.504. The number of anilines is 1. The Labute approximate surface area is 214 Å². The van der Waals surface area contributed by atoms with Gasteiger partial charge >= 0.3 is 5.91 Å². The number of rotatable bonds is 8. The lowest BCUT2D eigenvalue weighted by Crippen LogP contribution is -2.20. The summed E-state index contributed by atoms with van der Waals surface area (Å²) in [6.45, 7) is -0.261. The van der Waals surface area contributed by atoms with Gasteiger partial charge in [-0.25, -0.2) is 5.43 Å². The molecule has 2 N–H and O–H groups in total. The number of ether oxygens (including phenoxy) is 2. The average molecular weight is 557 g/mol. The van der Waals surface area contributed by atoms with Gasteiger partial charge in [-0.05, 0) is 54.1 Å². The Morgan fingerprint density at radius 2 is 1.91 bits per heavy atom. The third kappa shape index (κ3) is 6.20. The predicted molar refractivity (Wildman–Crippen MR) is 138 cm³/mol. The highest BCUT2D eigenvalue weighted by atomic mass is 79.9. The quantitative estimate of drug-likeness (QED) is 0.216. The number of halogens is 2. The minimum Gasteiger partial charge on any atom is -0.493 e. The number of hydrogen-bond donors (Lipinski definition) is 2. The molecule has 0 aliphatic carbocycles. The summed E-state index contributed by atoms with van der Waals surface area (Å²) in [5.74, 6) is -0.201. The molecule has 8 nitrogen and oxygen atoms in total. The standard InChI is InChI=1S/C25H19BrClN3O5/c1-33-21-10-15(9-19(27)24(21)34-14-23(31)29-18-5-3-2-4-6-18)13-28-30-25(32)22-12-16-11-17(26)7-8-20(16)35-22/h2-13H,14H2,1H3,(H,29,31)(H,30,32)/b28-13+. The molecule has 3 aromatic carbocycles. The lowest BCUT2D eigenvalue weighted by atomic mass is 10.2. The summed E-state index contributed by atoms with van der Waals surface area (Å²) in [5, 5.41) is 7.69. The van der Waals surface area contributed by atoms with Crippen molar-refractivity contribution in [1.29, 1.82) is 0 Å². The number of furan rings is 1. The first kappa shape index (κ1) is 24.3. The van der Waals surface area contributed by atoms with Crippen LogP contribution in [0.2, 0.25) is 5.02 Å². The highest BCUT2D eigenvalue weighted by Gasteiger charge is 2.15. The van der Waals surface area contributed by atoms with E-state index in [4.69, 9.17) is 25.5 Å². The Morgan fingerprint density at radius 3 is 2.69 bits per heavy atom. The first-order valence-corrected chi connectivity index (χ1v) is 11.5. The zero-order valence-corrected chi connectivity index (χ0v) is 20.7. The Hall–Kier alpha value is -3.82. The van der Waals surface area contributed by atoms with Crippen LogP contribution in [0.3, 0.4) is 0 Å². The van der Waals surface area contributed by atoms with Crippen molar-refractivity contribution in [1.82, 2.24) is 5.43 Å². The van der Waals surface area contributed by atoms with E-state index >= 15 is 0 Å². The summed E-state index contributed by atoms with van der Waals surface area (Å²) < 4.78 is 17.4. The molecule has 0 saturated carbocycles. The van der Waals surface area contributed by atoms with Crippen LogP contribution < -0.4 is 20.2 Å². The summed E-state index contributed by atoms with van der Waals surface area (Å²) in [5.41, 5.74) is 4.20. The Kier molecular flexibility index (Phi) is 7.69. The second kappa shape index (κ2) is 11.1. The molecule has 0 saturated heterocycles. The Morgan fingerprint density at radius 1 is 1.11 bits per heavy atom. The third-order valence-electron chi connectivity index (χ3n) is 4.74. The fraction of sp³-hybridized carbons (Fsp3) is 0.0800. The summed E-state index contributed by atoms with van der Waals surface area (Å²) in [4.78, 5) is 24.5. The van der Waals surface area contributed by atoms with Crippen molar-refractivity contribution in [2.24, 2.45) is 5.10 Å². The second-order valence-electron chi connectivity index (χ2n) is 7.23. The zero-order chi connectivity index (χ0) is 24.8. The first-order chi connectivity index (χ1) is 16.9. The summed E-state index contributed by atoms with van der Waals surface area (Å²) in [7, 11) is 1.45. The number of carbonyl (C=O) groups excluding carboxylic acids is 2. The molecule has 0 spiro atoms. The molecule has 1 aromatic heterocycles. The smallest absolute Gasteiger partial charge is 0.307 e. The zero-order valence-electron chi connectivity index (χ0n) is 18.4. The maximum atomic E-state index is 12.4. The van der Waals surface area contributed by atoms with Crippen LogP contribution in [0.1, 0.15) is 16.1 Å². The monoisotopic (exact) mass is 555 g/mol. The molecule has 0 aliphatic heterocycles. The van der Waals surface area contributed by atoms with Crippen molar-refractivity contribution in [3.63, 3.8) is 0 Å². The molecular weight excluding hydrogens is 538 g/mol. The van der Waals surface area contributed by atoms with Gasteiger partial charge in [0.2, 0.25) is 0 Å². The number of hydrogen-bond acceptors (Lipinski definition) is 6. The van der Waals surface area contributed by atoms with Crippen LogP contribution in [0.15, 0.2) is 80.7 Å². The lowest BCUT2D eigenvalue weighted by Gasteiger charge is -2.13. The van der Waals surface area contributed by atoms with Gasteiger partial charge in [-0.2, -0.15) is 5.10 Å². The van der Waals surface area contributed by atoms with Crippen LogP contribution >= 0.6 is 27.5 Å². The number of amides is 2. The summed E-state index contributed by atoms with van der Waals surface area (Å²) in [6.07, 6.45) is 1.40. The van der Waals surface area contributed by atoms with E-state index in [9.17, 15) is 9.59 Å². The molecule has 0 aliphatic rings. The topological polar surface area (TPSA) is 102 Å². The molecule has 178 valence electrons. The third-order valence-corrected chi connectivity index (χ3v) is 5.51. The van der Waals surface area contributed by atoms with Gasteiger partial charge in [0.1, 0.15) is 5.58 Å². The van der Waals surface area contributed by atoms with Crippen molar-refractivity contribution in [2.75, 3.05) is 19.0 Å². The number of nitrogens with zero attached hydrogens (tertiary/aromatic N) is 1. The van der Waals surface area contributed by atoms with Gasteiger partial charge in [-0.15, -0.1) is 0 Å². The number of hydrazone groups is 1. The van der Waals surface area contributed by atoms with E-state index in [0.717, 1.165) is 9.86 Å². The van der Waals surface area contributed by atoms with Crippen molar-refractivity contribution >= 4 is 62.2 Å². The van der Waals surface area contributed by atoms with Gasteiger partial charge in [0.15, 0.2) is 23.9 Å². The van der Waals surface area contributed by atoms with E-state index in [2.05, 4.69) is 31.8 Å². The van der Waals surface area contributed by atoms with E-state index in [1.807, 2.05) is 30.3 Å². The Bertz CT molecular complexity index is 1410. The van der Waals surface area contributed by atoms with E-state index in [1.165, 1.54) is 13.3 Å². The minimum absolute atomic E-state index is 0.128. The molecule has 1 heterocycles.